The number of aromatic amines is 1. The van der Waals surface area contributed by atoms with Gasteiger partial charge in [0, 0.05) is 24.8 Å². The van der Waals surface area contributed by atoms with E-state index >= 15 is 0 Å². The summed E-state index contributed by atoms with van der Waals surface area (Å²) in [4.78, 5) is 13.4. The van der Waals surface area contributed by atoms with Gasteiger partial charge in [0.25, 0.3) is 0 Å². The smallest absolute Gasteiger partial charge is 0.236 e. The summed E-state index contributed by atoms with van der Waals surface area (Å²) in [5, 5.41) is 10.2. The predicted molar refractivity (Wildman–Crippen MR) is 93.1 cm³/mol. The molecule has 0 aliphatic carbocycles. The molecule has 1 aromatic carbocycles. The number of likely N-dealkylation sites (N-methyl/N-ethyl adjacent to an activating group) is 2. The monoisotopic (exact) mass is 332 g/mol. The van der Waals surface area contributed by atoms with E-state index in [9.17, 15) is 9.18 Å². The van der Waals surface area contributed by atoms with Crippen molar-refractivity contribution in [1.82, 2.24) is 20.4 Å². The number of hydrogen-bond acceptors (Lipinski definition) is 3. The van der Waals surface area contributed by atoms with Crippen molar-refractivity contribution in [3.8, 4) is 11.3 Å². The normalized spacial score (nSPS) is 10.8. The second kappa shape index (κ2) is 9.17. The van der Waals surface area contributed by atoms with Gasteiger partial charge in [0.1, 0.15) is 5.82 Å². The van der Waals surface area contributed by atoms with E-state index in [0.717, 1.165) is 49.2 Å². The number of nitrogens with zero attached hydrogens (tertiary/aromatic N) is 2. The van der Waals surface area contributed by atoms with Gasteiger partial charge < -0.3 is 10.2 Å². The van der Waals surface area contributed by atoms with Gasteiger partial charge in [-0.05, 0) is 56.6 Å². The SMILES string of the molecule is CNCC(=O)N(C)CCCCCc1cc(-c2ccc(F)cc2)n[nH]1. The van der Waals surface area contributed by atoms with Crippen molar-refractivity contribution in [3.63, 3.8) is 0 Å². The van der Waals surface area contributed by atoms with Gasteiger partial charge in [0.05, 0.1) is 12.2 Å². The molecule has 2 aromatic rings. The maximum absolute atomic E-state index is 12.9. The Hall–Kier alpha value is -2.21. The van der Waals surface area contributed by atoms with Gasteiger partial charge >= 0.3 is 0 Å². The van der Waals surface area contributed by atoms with Crippen LogP contribution in [0.2, 0.25) is 0 Å². The lowest BCUT2D eigenvalue weighted by Crippen LogP contribution is -2.34. The fraction of sp³-hybridized carbons (Fsp3) is 0.444. The fourth-order valence-electron chi connectivity index (χ4n) is 2.51. The van der Waals surface area contributed by atoms with Gasteiger partial charge in [-0.1, -0.05) is 6.42 Å². The van der Waals surface area contributed by atoms with Crippen LogP contribution in [0.5, 0.6) is 0 Å². The lowest BCUT2D eigenvalue weighted by atomic mass is 10.1. The Morgan fingerprint density at radius 1 is 1.25 bits per heavy atom. The molecule has 5 nitrogen and oxygen atoms in total. The average Bonchev–Trinajstić information content (AvgIpc) is 3.04. The van der Waals surface area contributed by atoms with Gasteiger partial charge in [-0.3, -0.25) is 9.89 Å². The predicted octanol–water partition coefficient (Wildman–Crippen LogP) is 2.61. The highest BCUT2D eigenvalue weighted by molar-refractivity contribution is 5.77. The number of unbranched alkanes of at least 4 members (excludes halogenated alkanes) is 2. The molecule has 0 spiro atoms. The number of aromatic nitrogens is 2. The van der Waals surface area contributed by atoms with E-state index in [0.29, 0.717) is 6.54 Å². The molecule has 2 N–H and O–H groups in total. The van der Waals surface area contributed by atoms with Crippen LogP contribution in [0.1, 0.15) is 25.0 Å². The van der Waals surface area contributed by atoms with Crippen LogP contribution in [0.4, 0.5) is 4.39 Å². The van der Waals surface area contributed by atoms with Crippen LogP contribution < -0.4 is 5.32 Å². The summed E-state index contributed by atoms with van der Waals surface area (Å²) in [6, 6.07) is 8.35. The van der Waals surface area contributed by atoms with E-state index in [1.54, 1.807) is 24.1 Å². The second-order valence-electron chi connectivity index (χ2n) is 5.94. The molecule has 24 heavy (non-hydrogen) atoms. The van der Waals surface area contributed by atoms with Gasteiger partial charge in [0.15, 0.2) is 0 Å². The van der Waals surface area contributed by atoms with Crippen LogP contribution in [0.25, 0.3) is 11.3 Å². The lowest BCUT2D eigenvalue weighted by molar-refractivity contribution is -0.128. The van der Waals surface area contributed by atoms with Crippen molar-refractivity contribution in [1.29, 1.82) is 0 Å². The van der Waals surface area contributed by atoms with E-state index in [2.05, 4.69) is 15.5 Å². The summed E-state index contributed by atoms with van der Waals surface area (Å²) >= 11 is 0. The van der Waals surface area contributed by atoms with Crippen LogP contribution in [0.3, 0.4) is 0 Å². The first-order valence-corrected chi connectivity index (χ1v) is 8.29. The van der Waals surface area contributed by atoms with Crippen LogP contribution >= 0.6 is 0 Å². The van der Waals surface area contributed by atoms with E-state index in [1.807, 2.05) is 13.1 Å². The lowest BCUT2D eigenvalue weighted by Gasteiger charge is -2.16. The number of carbonyl (C=O) groups is 1. The number of H-pyrrole nitrogens is 1. The highest BCUT2D eigenvalue weighted by atomic mass is 19.1. The van der Waals surface area contributed by atoms with E-state index in [1.165, 1.54) is 12.1 Å². The molecule has 0 aliphatic rings. The maximum Gasteiger partial charge on any atom is 0.236 e. The quantitative estimate of drug-likeness (QED) is 0.694. The minimum absolute atomic E-state index is 0.120. The van der Waals surface area contributed by atoms with Crippen molar-refractivity contribution < 1.29 is 9.18 Å². The highest BCUT2D eigenvalue weighted by Crippen LogP contribution is 2.18. The third kappa shape index (κ3) is 5.45. The average molecular weight is 332 g/mol. The molecule has 0 unspecified atom stereocenters. The Balaban J connectivity index is 1.70. The van der Waals surface area contributed by atoms with Crippen LogP contribution in [0, 0.1) is 5.82 Å². The molecule has 1 amide bonds. The molecule has 0 fully saturated rings. The summed E-state index contributed by atoms with van der Waals surface area (Å²) in [5.41, 5.74) is 2.82. The van der Waals surface area contributed by atoms with Crippen molar-refractivity contribution in [2.45, 2.75) is 25.7 Å². The van der Waals surface area contributed by atoms with Crippen molar-refractivity contribution in [2.24, 2.45) is 0 Å². The molecule has 1 aromatic heterocycles. The van der Waals surface area contributed by atoms with Gasteiger partial charge in [0.2, 0.25) is 5.91 Å². The number of amides is 1. The first-order valence-electron chi connectivity index (χ1n) is 8.29. The van der Waals surface area contributed by atoms with Crippen LogP contribution in [-0.2, 0) is 11.2 Å². The van der Waals surface area contributed by atoms with Gasteiger partial charge in [-0.25, -0.2) is 4.39 Å². The van der Waals surface area contributed by atoms with Crippen LogP contribution in [0.15, 0.2) is 30.3 Å². The van der Waals surface area contributed by atoms with Crippen LogP contribution in [-0.4, -0.2) is 48.2 Å². The molecular weight excluding hydrogens is 307 g/mol. The molecule has 0 saturated heterocycles. The Bertz CT molecular complexity index is 639. The number of aryl methyl sites for hydroxylation is 1. The van der Waals surface area contributed by atoms with Crippen molar-refractivity contribution in [2.75, 3.05) is 27.2 Å². The number of halogens is 1. The zero-order chi connectivity index (χ0) is 17.4. The fourth-order valence-corrected chi connectivity index (χ4v) is 2.51. The summed E-state index contributed by atoms with van der Waals surface area (Å²) in [6.07, 6.45) is 4.01. The molecule has 0 saturated carbocycles. The Morgan fingerprint density at radius 2 is 2.00 bits per heavy atom. The maximum atomic E-state index is 12.9. The number of carbonyl (C=O) groups excluding carboxylic acids is 1. The minimum atomic E-state index is -0.243. The summed E-state index contributed by atoms with van der Waals surface area (Å²) < 4.78 is 12.9. The first kappa shape index (κ1) is 18.1. The van der Waals surface area contributed by atoms with Gasteiger partial charge in [-0.2, -0.15) is 5.10 Å². The third-order valence-electron chi connectivity index (χ3n) is 3.96. The first-order chi connectivity index (χ1) is 11.6. The highest BCUT2D eigenvalue weighted by Gasteiger charge is 2.07. The Labute approximate surface area is 142 Å². The number of rotatable bonds is 9. The molecule has 6 heteroatoms. The molecule has 0 atom stereocenters. The molecule has 2 rings (SSSR count). The van der Waals surface area contributed by atoms with E-state index in [4.69, 9.17) is 0 Å². The molecular formula is C18H25FN4O. The number of hydrogen-bond donors (Lipinski definition) is 2. The zero-order valence-corrected chi connectivity index (χ0v) is 14.3. The molecule has 0 bridgehead atoms. The van der Waals surface area contributed by atoms with Gasteiger partial charge in [-0.15, -0.1) is 0 Å². The third-order valence-corrected chi connectivity index (χ3v) is 3.96. The van der Waals surface area contributed by atoms with E-state index in [-0.39, 0.29) is 11.7 Å². The summed E-state index contributed by atoms with van der Waals surface area (Å²) in [7, 11) is 3.61. The van der Waals surface area contributed by atoms with Crippen molar-refractivity contribution in [3.05, 3.63) is 41.8 Å². The molecule has 0 aliphatic heterocycles. The number of nitrogens with one attached hydrogen (secondary N) is 2. The molecule has 1 heterocycles. The zero-order valence-electron chi connectivity index (χ0n) is 14.3. The minimum Gasteiger partial charge on any atom is -0.345 e. The number of benzene rings is 1. The standard InChI is InChI=1S/C18H25FN4O/c1-20-13-18(24)23(2)11-5-3-4-6-16-12-17(22-21-16)14-7-9-15(19)10-8-14/h7-10,12,20H,3-6,11,13H2,1-2H3,(H,21,22). The largest absolute Gasteiger partial charge is 0.345 e. The Kier molecular flexibility index (Phi) is 6.93. The van der Waals surface area contributed by atoms with E-state index < -0.39 is 0 Å². The molecule has 130 valence electrons. The summed E-state index contributed by atoms with van der Waals surface area (Å²) in [6.45, 7) is 1.17. The summed E-state index contributed by atoms with van der Waals surface area (Å²) in [5.74, 6) is -0.123. The second-order valence-corrected chi connectivity index (χ2v) is 5.94. The topological polar surface area (TPSA) is 61.0 Å². The Morgan fingerprint density at radius 3 is 2.71 bits per heavy atom. The van der Waals surface area contributed by atoms with Crippen molar-refractivity contribution >= 4 is 5.91 Å². The molecule has 0 radical (unpaired) electrons.